The van der Waals surface area contributed by atoms with Gasteiger partial charge in [-0.1, -0.05) is 140 Å². The molecule has 13 rings (SSSR count). The number of hydrogen-bond donors (Lipinski definition) is 0. The summed E-state index contributed by atoms with van der Waals surface area (Å²) in [7, 11) is 0. The number of fused-ring (bicyclic) bond motifs is 13. The number of para-hydroxylation sites is 3. The largest absolute Gasteiger partial charge is 0.456 e. The van der Waals surface area contributed by atoms with Crippen LogP contribution in [0.2, 0.25) is 0 Å². The maximum Gasteiger partial charge on any atom is 0.238 e. The average Bonchev–Trinajstić information content (AvgIpc) is 3.98. The van der Waals surface area contributed by atoms with Crippen LogP contribution in [0.3, 0.4) is 0 Å². The maximum absolute atomic E-state index is 6.52. The number of rotatable bonds is 4. The summed E-state index contributed by atoms with van der Waals surface area (Å²) in [5.41, 5.74) is 9.25. The van der Waals surface area contributed by atoms with Gasteiger partial charge in [-0.3, -0.25) is 4.57 Å². The highest BCUT2D eigenvalue weighted by atomic mass is 16.3. The van der Waals surface area contributed by atoms with E-state index >= 15 is 0 Å². The van der Waals surface area contributed by atoms with Crippen molar-refractivity contribution in [2.24, 2.45) is 0 Å². The van der Waals surface area contributed by atoms with Crippen LogP contribution in [0.5, 0.6) is 0 Å². The minimum atomic E-state index is 0.527. The van der Waals surface area contributed by atoms with E-state index in [1.807, 2.05) is 72.8 Å². The van der Waals surface area contributed by atoms with Gasteiger partial charge in [0, 0.05) is 37.9 Å². The van der Waals surface area contributed by atoms with Crippen molar-refractivity contribution >= 4 is 87.2 Å². The lowest BCUT2D eigenvalue weighted by molar-refractivity contribution is 0.669. The Kier molecular flexibility index (Phi) is 6.63. The monoisotopic (exact) mass is 754 g/mol. The number of benzene rings is 9. The number of hydrogen-bond acceptors (Lipinski definition) is 5. The van der Waals surface area contributed by atoms with Gasteiger partial charge in [-0.25, -0.2) is 4.98 Å². The molecule has 0 radical (unpaired) electrons. The van der Waals surface area contributed by atoms with E-state index in [9.17, 15) is 0 Å². The zero-order valence-corrected chi connectivity index (χ0v) is 31.4. The van der Waals surface area contributed by atoms with Gasteiger partial charge in [0.1, 0.15) is 22.3 Å². The second-order valence-corrected chi connectivity index (χ2v) is 15.1. The predicted molar refractivity (Wildman–Crippen MR) is 240 cm³/mol. The van der Waals surface area contributed by atoms with Crippen molar-refractivity contribution in [2.75, 3.05) is 0 Å². The first-order valence-corrected chi connectivity index (χ1v) is 19.8. The van der Waals surface area contributed by atoms with E-state index in [1.165, 1.54) is 10.8 Å². The van der Waals surface area contributed by atoms with Crippen LogP contribution in [0.25, 0.3) is 127 Å². The van der Waals surface area contributed by atoms with Crippen LogP contribution in [0.4, 0.5) is 0 Å². The van der Waals surface area contributed by atoms with Gasteiger partial charge in [-0.2, -0.15) is 9.97 Å². The lowest BCUT2D eigenvalue weighted by Crippen LogP contribution is -2.06. The molecule has 0 atom stereocenters. The van der Waals surface area contributed by atoms with Crippen LogP contribution in [0, 0.1) is 0 Å². The molecular weight excluding hydrogens is 725 g/mol. The summed E-state index contributed by atoms with van der Waals surface area (Å²) in [6.07, 6.45) is 0. The molecule has 0 amide bonds. The summed E-state index contributed by atoms with van der Waals surface area (Å²) in [5.74, 6) is 1.65. The zero-order chi connectivity index (χ0) is 38.6. The summed E-state index contributed by atoms with van der Waals surface area (Å²) < 4.78 is 15.2. The standard InChI is InChI=1S/C53H30N4O2/c1-2-14-32(15-3-1)51-54-52(40-22-12-21-38-36-18-8-10-23-45(36)59-50(38)40)56-53(55-51)57-43-27-26-33(29-42(43)48-34-16-5-4-13-31(34)25-28-44(48)57)41-30-47-49(37-19-7-6-17-35(37)41)39-20-9-11-24-46(39)58-47/h1-30H. The lowest BCUT2D eigenvalue weighted by atomic mass is 9.94. The Morgan fingerprint density at radius 2 is 1.03 bits per heavy atom. The fraction of sp³-hybridized carbons (Fsp3) is 0. The van der Waals surface area contributed by atoms with Crippen molar-refractivity contribution < 1.29 is 8.83 Å². The summed E-state index contributed by atoms with van der Waals surface area (Å²) in [6, 6.07) is 63.3. The molecule has 0 saturated carbocycles. The molecular formula is C53H30N4O2. The molecule has 59 heavy (non-hydrogen) atoms. The van der Waals surface area contributed by atoms with Crippen molar-refractivity contribution in [1.82, 2.24) is 19.5 Å². The first-order chi connectivity index (χ1) is 29.2. The molecule has 9 aromatic carbocycles. The van der Waals surface area contributed by atoms with Crippen molar-refractivity contribution in [1.29, 1.82) is 0 Å². The van der Waals surface area contributed by atoms with Gasteiger partial charge in [0.15, 0.2) is 11.6 Å². The predicted octanol–water partition coefficient (Wildman–Crippen LogP) is 14.1. The Morgan fingerprint density at radius 3 is 1.90 bits per heavy atom. The van der Waals surface area contributed by atoms with E-state index in [-0.39, 0.29) is 0 Å². The summed E-state index contributed by atoms with van der Waals surface area (Å²) in [6.45, 7) is 0. The van der Waals surface area contributed by atoms with Gasteiger partial charge >= 0.3 is 0 Å². The molecule has 0 saturated heterocycles. The smallest absolute Gasteiger partial charge is 0.238 e. The molecule has 0 N–H and O–H groups in total. The maximum atomic E-state index is 6.52. The molecule has 0 bridgehead atoms. The van der Waals surface area contributed by atoms with Crippen molar-refractivity contribution in [3.05, 3.63) is 182 Å². The first-order valence-electron chi connectivity index (χ1n) is 19.8. The highest BCUT2D eigenvalue weighted by molar-refractivity contribution is 6.24. The SMILES string of the molecule is c1ccc(-c2nc(-c3cccc4c3oc3ccccc34)nc(-n3c4ccc(-c5cc6oc7ccccc7c6c6ccccc56)cc4c4c5ccccc5ccc43)n2)cc1. The molecule has 4 aromatic heterocycles. The van der Waals surface area contributed by atoms with Gasteiger partial charge in [0.25, 0.3) is 0 Å². The minimum Gasteiger partial charge on any atom is -0.456 e. The van der Waals surface area contributed by atoms with Crippen molar-refractivity contribution in [2.45, 2.75) is 0 Å². The molecule has 4 heterocycles. The fourth-order valence-corrected chi connectivity index (χ4v) is 9.23. The molecule has 0 aliphatic heterocycles. The van der Waals surface area contributed by atoms with E-state index < -0.39 is 0 Å². The third kappa shape index (κ3) is 4.71. The summed E-state index contributed by atoms with van der Waals surface area (Å²) in [4.78, 5) is 15.7. The highest BCUT2D eigenvalue weighted by Crippen LogP contribution is 2.43. The third-order valence-corrected chi connectivity index (χ3v) is 11.9. The number of nitrogens with zero attached hydrogens (tertiary/aromatic N) is 4. The topological polar surface area (TPSA) is 69.9 Å². The van der Waals surface area contributed by atoms with Gasteiger partial charge in [0.05, 0.1) is 16.6 Å². The zero-order valence-electron chi connectivity index (χ0n) is 31.4. The second kappa shape index (κ2) is 12.2. The highest BCUT2D eigenvalue weighted by Gasteiger charge is 2.23. The average molecular weight is 755 g/mol. The quantitative estimate of drug-likeness (QED) is 0.179. The van der Waals surface area contributed by atoms with Gasteiger partial charge in [-0.05, 0) is 75.1 Å². The molecule has 13 aromatic rings. The Labute approximate surface area is 336 Å². The summed E-state index contributed by atoms with van der Waals surface area (Å²) >= 11 is 0. The van der Waals surface area contributed by atoms with Crippen molar-refractivity contribution in [3.63, 3.8) is 0 Å². The molecule has 0 unspecified atom stereocenters. The van der Waals surface area contributed by atoms with Crippen LogP contribution in [-0.2, 0) is 0 Å². The molecule has 0 aliphatic rings. The molecule has 0 spiro atoms. The van der Waals surface area contributed by atoms with Gasteiger partial charge in [-0.15, -0.1) is 0 Å². The Bertz CT molecular complexity index is 3860. The Morgan fingerprint density at radius 1 is 0.356 bits per heavy atom. The lowest BCUT2D eigenvalue weighted by Gasteiger charge is -2.12. The molecule has 0 fully saturated rings. The molecule has 0 aliphatic carbocycles. The van der Waals surface area contributed by atoms with E-state index in [2.05, 4.69) is 114 Å². The Hall–Kier alpha value is -8.09. The molecule has 6 heteroatoms. The van der Waals surface area contributed by atoms with Gasteiger partial charge < -0.3 is 8.83 Å². The minimum absolute atomic E-state index is 0.527. The van der Waals surface area contributed by atoms with Crippen molar-refractivity contribution in [3.8, 4) is 39.9 Å². The van der Waals surface area contributed by atoms with E-state index in [1.54, 1.807) is 0 Å². The summed E-state index contributed by atoms with van der Waals surface area (Å²) in [5, 5.41) is 11.2. The fourth-order valence-electron chi connectivity index (χ4n) is 9.23. The van der Waals surface area contributed by atoms with E-state index in [0.717, 1.165) is 98.7 Å². The Balaban J connectivity index is 1.11. The van der Waals surface area contributed by atoms with E-state index in [0.29, 0.717) is 17.6 Å². The number of aromatic nitrogens is 4. The molecule has 6 nitrogen and oxygen atoms in total. The van der Waals surface area contributed by atoms with Crippen LogP contribution in [0.1, 0.15) is 0 Å². The number of furan rings is 2. The van der Waals surface area contributed by atoms with Crippen LogP contribution >= 0.6 is 0 Å². The normalized spacial score (nSPS) is 12.1. The second-order valence-electron chi connectivity index (χ2n) is 15.1. The first kappa shape index (κ1) is 32.0. The van der Waals surface area contributed by atoms with Crippen LogP contribution in [-0.4, -0.2) is 19.5 Å². The van der Waals surface area contributed by atoms with Crippen LogP contribution < -0.4 is 0 Å². The molecule has 274 valence electrons. The van der Waals surface area contributed by atoms with Gasteiger partial charge in [0.2, 0.25) is 5.95 Å². The van der Waals surface area contributed by atoms with E-state index in [4.69, 9.17) is 23.8 Å². The third-order valence-electron chi connectivity index (χ3n) is 11.9. The van der Waals surface area contributed by atoms with Crippen LogP contribution in [0.15, 0.2) is 191 Å².